The Morgan fingerprint density at radius 1 is 1.39 bits per heavy atom. The summed E-state index contributed by atoms with van der Waals surface area (Å²) < 4.78 is 5.26. The fourth-order valence-corrected chi connectivity index (χ4v) is 1.62. The third-order valence-corrected chi connectivity index (χ3v) is 2.57. The van der Waals surface area contributed by atoms with E-state index in [2.05, 4.69) is 36.4 Å². The van der Waals surface area contributed by atoms with Crippen molar-refractivity contribution in [3.63, 3.8) is 0 Å². The molecule has 18 heavy (non-hydrogen) atoms. The Morgan fingerprint density at radius 2 is 2.22 bits per heavy atom. The summed E-state index contributed by atoms with van der Waals surface area (Å²) in [6.07, 6.45) is 4.08. The van der Waals surface area contributed by atoms with E-state index >= 15 is 0 Å². The van der Waals surface area contributed by atoms with E-state index < -0.39 is 0 Å². The van der Waals surface area contributed by atoms with Gasteiger partial charge in [0.05, 0.1) is 6.26 Å². The van der Waals surface area contributed by atoms with E-state index in [9.17, 15) is 0 Å². The molecule has 0 fully saturated rings. The molecular formula is C14H25N3O. The number of rotatable bonds is 7. The molecule has 4 nitrogen and oxygen atoms in total. The van der Waals surface area contributed by atoms with E-state index in [0.717, 1.165) is 30.7 Å². The van der Waals surface area contributed by atoms with E-state index in [1.54, 1.807) is 6.26 Å². The van der Waals surface area contributed by atoms with Crippen molar-refractivity contribution >= 4 is 5.96 Å². The molecule has 1 aromatic heterocycles. The van der Waals surface area contributed by atoms with Crippen LogP contribution in [0.5, 0.6) is 0 Å². The molecule has 4 heteroatoms. The lowest BCUT2D eigenvalue weighted by atomic mass is 10.1. The number of hydrogen-bond acceptors (Lipinski definition) is 2. The van der Waals surface area contributed by atoms with Gasteiger partial charge in [0.2, 0.25) is 0 Å². The van der Waals surface area contributed by atoms with E-state index in [1.807, 2.05) is 12.1 Å². The van der Waals surface area contributed by atoms with Gasteiger partial charge in [-0.15, -0.1) is 0 Å². The smallest absolute Gasteiger partial charge is 0.191 e. The Bertz CT molecular complexity index is 331. The summed E-state index contributed by atoms with van der Waals surface area (Å²) in [7, 11) is 0. The second-order valence-electron chi connectivity index (χ2n) is 4.74. The summed E-state index contributed by atoms with van der Waals surface area (Å²) in [6.45, 7) is 8.97. The van der Waals surface area contributed by atoms with Gasteiger partial charge in [0.25, 0.3) is 0 Å². The minimum atomic E-state index is 0.576. The van der Waals surface area contributed by atoms with Crippen LogP contribution in [0.25, 0.3) is 0 Å². The normalized spacial score (nSPS) is 11.9. The monoisotopic (exact) mass is 251 g/mol. The van der Waals surface area contributed by atoms with Crippen LogP contribution in [0.2, 0.25) is 0 Å². The summed E-state index contributed by atoms with van der Waals surface area (Å²) in [6, 6.07) is 3.82. The molecule has 0 saturated heterocycles. The third kappa shape index (κ3) is 6.33. The number of furan rings is 1. The number of nitrogens with zero attached hydrogens (tertiary/aromatic N) is 1. The quantitative estimate of drug-likeness (QED) is 0.445. The van der Waals surface area contributed by atoms with Gasteiger partial charge >= 0.3 is 0 Å². The number of nitrogens with one attached hydrogen (secondary N) is 2. The first-order valence-corrected chi connectivity index (χ1v) is 6.77. The van der Waals surface area contributed by atoms with Crippen LogP contribution < -0.4 is 10.6 Å². The Balaban J connectivity index is 2.31. The van der Waals surface area contributed by atoms with Gasteiger partial charge in [0.1, 0.15) is 12.3 Å². The lowest BCUT2D eigenvalue weighted by Crippen LogP contribution is -2.37. The molecule has 0 aliphatic rings. The first-order chi connectivity index (χ1) is 8.72. The molecule has 0 aliphatic carbocycles. The standard InChI is InChI=1S/C14H25N3O/c1-4-15-14(16-9-5-7-12(2)3)17-11-13-8-6-10-18-13/h6,8,10,12H,4-5,7,9,11H2,1-3H3,(H2,15,16,17). The van der Waals surface area contributed by atoms with Crippen LogP contribution in [0, 0.1) is 5.92 Å². The van der Waals surface area contributed by atoms with Crippen LogP contribution in [0.1, 0.15) is 39.4 Å². The van der Waals surface area contributed by atoms with Crippen molar-refractivity contribution in [2.24, 2.45) is 10.9 Å². The van der Waals surface area contributed by atoms with Crippen LogP contribution >= 0.6 is 0 Å². The highest BCUT2D eigenvalue weighted by Crippen LogP contribution is 2.02. The second-order valence-corrected chi connectivity index (χ2v) is 4.74. The zero-order chi connectivity index (χ0) is 13.2. The SMILES string of the molecule is CCNC(=NCc1ccco1)NCCCC(C)C. The van der Waals surface area contributed by atoms with Crippen molar-refractivity contribution in [3.05, 3.63) is 24.2 Å². The van der Waals surface area contributed by atoms with Crippen LogP contribution in [-0.4, -0.2) is 19.0 Å². The van der Waals surface area contributed by atoms with Crippen LogP contribution in [0.15, 0.2) is 27.8 Å². The zero-order valence-electron chi connectivity index (χ0n) is 11.7. The maximum absolute atomic E-state index is 5.26. The molecule has 0 radical (unpaired) electrons. The maximum Gasteiger partial charge on any atom is 0.191 e. The first kappa shape index (κ1) is 14.6. The minimum Gasteiger partial charge on any atom is -0.467 e. The number of guanidine groups is 1. The maximum atomic E-state index is 5.26. The summed E-state index contributed by atoms with van der Waals surface area (Å²) in [5.74, 6) is 2.50. The Hall–Kier alpha value is -1.45. The Morgan fingerprint density at radius 3 is 2.83 bits per heavy atom. The molecular weight excluding hydrogens is 226 g/mol. The molecule has 1 heterocycles. The summed E-state index contributed by atoms with van der Waals surface area (Å²) in [4.78, 5) is 4.47. The summed E-state index contributed by atoms with van der Waals surface area (Å²) >= 11 is 0. The van der Waals surface area contributed by atoms with Gasteiger partial charge in [-0.1, -0.05) is 13.8 Å². The first-order valence-electron chi connectivity index (χ1n) is 6.77. The average molecular weight is 251 g/mol. The Kier molecular flexibility index (Phi) is 6.99. The highest BCUT2D eigenvalue weighted by atomic mass is 16.3. The van der Waals surface area contributed by atoms with Crippen molar-refractivity contribution in [2.45, 2.75) is 40.2 Å². The summed E-state index contributed by atoms with van der Waals surface area (Å²) in [5.41, 5.74) is 0. The fourth-order valence-electron chi connectivity index (χ4n) is 1.62. The molecule has 0 aliphatic heterocycles. The van der Waals surface area contributed by atoms with Crippen molar-refractivity contribution in [2.75, 3.05) is 13.1 Å². The van der Waals surface area contributed by atoms with Gasteiger partial charge in [0, 0.05) is 13.1 Å². The summed E-state index contributed by atoms with van der Waals surface area (Å²) in [5, 5.41) is 6.57. The highest BCUT2D eigenvalue weighted by molar-refractivity contribution is 5.79. The second kappa shape index (κ2) is 8.61. The molecule has 0 bridgehead atoms. The van der Waals surface area contributed by atoms with E-state index in [4.69, 9.17) is 4.42 Å². The lowest BCUT2D eigenvalue weighted by Gasteiger charge is -2.11. The third-order valence-electron chi connectivity index (χ3n) is 2.57. The molecule has 0 aromatic carbocycles. The van der Waals surface area contributed by atoms with Crippen LogP contribution in [-0.2, 0) is 6.54 Å². The van der Waals surface area contributed by atoms with Gasteiger partial charge in [-0.05, 0) is 37.8 Å². The van der Waals surface area contributed by atoms with Crippen molar-refractivity contribution in [1.82, 2.24) is 10.6 Å². The highest BCUT2D eigenvalue weighted by Gasteiger charge is 1.99. The molecule has 0 spiro atoms. The van der Waals surface area contributed by atoms with Gasteiger partial charge < -0.3 is 15.1 Å². The van der Waals surface area contributed by atoms with E-state index in [-0.39, 0.29) is 0 Å². The molecule has 1 rings (SSSR count). The Labute approximate surface area is 110 Å². The molecule has 2 N–H and O–H groups in total. The zero-order valence-corrected chi connectivity index (χ0v) is 11.7. The predicted octanol–water partition coefficient (Wildman–Crippen LogP) is 2.77. The fraction of sp³-hybridized carbons (Fsp3) is 0.643. The van der Waals surface area contributed by atoms with E-state index in [1.165, 1.54) is 12.8 Å². The predicted molar refractivity (Wildman–Crippen MR) is 75.6 cm³/mol. The minimum absolute atomic E-state index is 0.576. The lowest BCUT2D eigenvalue weighted by molar-refractivity contribution is 0.511. The molecule has 0 unspecified atom stereocenters. The van der Waals surface area contributed by atoms with Crippen LogP contribution in [0.3, 0.4) is 0 Å². The van der Waals surface area contributed by atoms with Gasteiger partial charge in [-0.3, -0.25) is 0 Å². The molecule has 0 saturated carbocycles. The van der Waals surface area contributed by atoms with Gasteiger partial charge in [-0.2, -0.15) is 0 Å². The average Bonchev–Trinajstić information content (AvgIpc) is 2.84. The van der Waals surface area contributed by atoms with Crippen molar-refractivity contribution in [3.8, 4) is 0 Å². The number of aliphatic imine (C=N–C) groups is 1. The van der Waals surface area contributed by atoms with E-state index in [0.29, 0.717) is 6.54 Å². The molecule has 0 amide bonds. The topological polar surface area (TPSA) is 49.6 Å². The van der Waals surface area contributed by atoms with Gasteiger partial charge in [0.15, 0.2) is 5.96 Å². The van der Waals surface area contributed by atoms with Crippen molar-refractivity contribution in [1.29, 1.82) is 0 Å². The number of hydrogen-bond donors (Lipinski definition) is 2. The molecule has 0 atom stereocenters. The molecule has 102 valence electrons. The van der Waals surface area contributed by atoms with Crippen molar-refractivity contribution < 1.29 is 4.42 Å². The van der Waals surface area contributed by atoms with Gasteiger partial charge in [-0.25, -0.2) is 4.99 Å². The molecule has 1 aromatic rings. The van der Waals surface area contributed by atoms with Crippen LogP contribution in [0.4, 0.5) is 0 Å². The largest absolute Gasteiger partial charge is 0.467 e.